The monoisotopic (exact) mass is 325 g/mol. The van der Waals surface area contributed by atoms with Crippen LogP contribution in [0.4, 0.5) is 5.13 Å². The molecule has 0 saturated heterocycles. The first-order chi connectivity index (χ1) is 11.2. The van der Waals surface area contributed by atoms with E-state index in [4.69, 9.17) is 4.74 Å². The Morgan fingerprint density at radius 1 is 1.13 bits per heavy atom. The maximum atomic E-state index is 12.3. The van der Waals surface area contributed by atoms with Gasteiger partial charge in [-0.05, 0) is 31.2 Å². The number of hydrogen-bond acceptors (Lipinski definition) is 5. The molecule has 1 N–H and O–H groups in total. The highest BCUT2D eigenvalue weighted by Gasteiger charge is 2.12. The topological polar surface area (TPSA) is 64.1 Å². The number of anilines is 1. The van der Waals surface area contributed by atoms with Gasteiger partial charge in [-0.25, -0.2) is 0 Å². The molecule has 0 atom stereocenters. The van der Waals surface area contributed by atoms with Crippen LogP contribution in [0.15, 0.2) is 48.5 Å². The first kappa shape index (κ1) is 15.2. The van der Waals surface area contributed by atoms with E-state index in [1.165, 1.54) is 11.3 Å². The molecule has 1 aromatic heterocycles. The van der Waals surface area contributed by atoms with Gasteiger partial charge in [0.05, 0.1) is 7.11 Å². The van der Waals surface area contributed by atoms with Crippen molar-refractivity contribution in [3.05, 3.63) is 59.7 Å². The highest BCUT2D eigenvalue weighted by molar-refractivity contribution is 7.18. The van der Waals surface area contributed by atoms with Crippen molar-refractivity contribution in [2.45, 2.75) is 6.92 Å². The zero-order valence-corrected chi connectivity index (χ0v) is 13.6. The second-order valence-electron chi connectivity index (χ2n) is 4.97. The zero-order chi connectivity index (χ0) is 16.2. The Hall–Kier alpha value is -2.73. The van der Waals surface area contributed by atoms with Crippen molar-refractivity contribution in [2.75, 3.05) is 12.4 Å². The van der Waals surface area contributed by atoms with Crippen LogP contribution in [-0.4, -0.2) is 23.2 Å². The fraction of sp³-hybridized carbons (Fsp3) is 0.118. The molecule has 3 rings (SSSR count). The maximum Gasteiger partial charge on any atom is 0.257 e. The molecule has 0 bridgehead atoms. The third-order valence-electron chi connectivity index (χ3n) is 3.24. The van der Waals surface area contributed by atoms with Gasteiger partial charge in [-0.3, -0.25) is 10.1 Å². The Bertz CT molecular complexity index is 845. The van der Waals surface area contributed by atoms with Gasteiger partial charge in [0.15, 0.2) is 0 Å². The van der Waals surface area contributed by atoms with Gasteiger partial charge in [-0.1, -0.05) is 41.2 Å². The summed E-state index contributed by atoms with van der Waals surface area (Å²) in [7, 11) is 1.57. The first-order valence-electron chi connectivity index (χ1n) is 7.01. The van der Waals surface area contributed by atoms with Crippen molar-refractivity contribution in [1.82, 2.24) is 10.2 Å². The number of aromatic nitrogens is 2. The molecular weight excluding hydrogens is 310 g/mol. The van der Waals surface area contributed by atoms with E-state index in [9.17, 15) is 4.79 Å². The number of ether oxygens (including phenoxy) is 1. The second-order valence-corrected chi connectivity index (χ2v) is 5.95. The minimum atomic E-state index is -0.240. The molecule has 2 aromatic carbocycles. The van der Waals surface area contributed by atoms with E-state index in [1.807, 2.05) is 31.2 Å². The Morgan fingerprint density at radius 3 is 2.74 bits per heavy atom. The van der Waals surface area contributed by atoms with Gasteiger partial charge >= 0.3 is 0 Å². The lowest BCUT2D eigenvalue weighted by atomic mass is 10.1. The van der Waals surface area contributed by atoms with Crippen LogP contribution in [0.3, 0.4) is 0 Å². The second kappa shape index (κ2) is 6.58. The smallest absolute Gasteiger partial charge is 0.257 e. The van der Waals surface area contributed by atoms with Gasteiger partial charge in [0.25, 0.3) is 5.91 Å². The predicted molar refractivity (Wildman–Crippen MR) is 91.0 cm³/mol. The van der Waals surface area contributed by atoms with Crippen LogP contribution in [0, 0.1) is 6.92 Å². The Morgan fingerprint density at radius 2 is 1.96 bits per heavy atom. The molecule has 1 amide bonds. The standard InChI is InChI=1S/C17H15N3O2S/c1-11-5-3-7-13(9-11)16-19-20-17(23-16)18-15(21)12-6-4-8-14(10-12)22-2/h3-10H,1-2H3,(H,18,20,21). The Kier molecular flexibility index (Phi) is 4.34. The molecule has 0 aliphatic rings. The molecule has 23 heavy (non-hydrogen) atoms. The number of nitrogens with zero attached hydrogens (tertiary/aromatic N) is 2. The fourth-order valence-corrected chi connectivity index (χ4v) is 2.84. The normalized spacial score (nSPS) is 10.3. The molecule has 0 fully saturated rings. The predicted octanol–water partition coefficient (Wildman–Crippen LogP) is 3.77. The molecule has 0 radical (unpaired) electrons. The number of aryl methyl sites for hydroxylation is 1. The van der Waals surface area contributed by atoms with E-state index in [-0.39, 0.29) is 5.91 Å². The van der Waals surface area contributed by atoms with Crippen molar-refractivity contribution >= 4 is 22.4 Å². The third-order valence-corrected chi connectivity index (χ3v) is 4.13. The SMILES string of the molecule is COc1cccc(C(=O)Nc2nnc(-c3cccc(C)c3)s2)c1. The van der Waals surface area contributed by atoms with Crippen molar-refractivity contribution in [3.8, 4) is 16.3 Å². The summed E-state index contributed by atoms with van der Waals surface area (Å²) in [6, 6.07) is 15.0. The lowest BCUT2D eigenvalue weighted by molar-refractivity contribution is 0.102. The Balaban J connectivity index is 1.77. The molecule has 6 heteroatoms. The number of amides is 1. The van der Waals surface area contributed by atoms with Gasteiger partial charge in [-0.15, -0.1) is 10.2 Å². The van der Waals surface area contributed by atoms with Crippen molar-refractivity contribution in [3.63, 3.8) is 0 Å². The highest BCUT2D eigenvalue weighted by Crippen LogP contribution is 2.27. The highest BCUT2D eigenvalue weighted by atomic mass is 32.1. The number of benzene rings is 2. The average molecular weight is 325 g/mol. The van der Waals surface area contributed by atoms with Crippen LogP contribution in [0.1, 0.15) is 15.9 Å². The van der Waals surface area contributed by atoms with Gasteiger partial charge < -0.3 is 4.74 Å². The maximum absolute atomic E-state index is 12.3. The molecule has 5 nitrogen and oxygen atoms in total. The van der Waals surface area contributed by atoms with E-state index < -0.39 is 0 Å². The number of hydrogen-bond donors (Lipinski definition) is 1. The molecule has 0 spiro atoms. The summed E-state index contributed by atoms with van der Waals surface area (Å²) in [6.07, 6.45) is 0. The van der Waals surface area contributed by atoms with Crippen LogP contribution < -0.4 is 10.1 Å². The molecule has 1 heterocycles. The summed E-state index contributed by atoms with van der Waals surface area (Å²) >= 11 is 1.34. The Labute approximate surface area is 138 Å². The quantitative estimate of drug-likeness (QED) is 0.793. The molecule has 0 aliphatic carbocycles. The lowest BCUT2D eigenvalue weighted by Crippen LogP contribution is -2.11. The van der Waals surface area contributed by atoms with Gasteiger partial charge in [0, 0.05) is 11.1 Å². The van der Waals surface area contributed by atoms with Crippen LogP contribution in [0.2, 0.25) is 0 Å². The average Bonchev–Trinajstić information content (AvgIpc) is 3.03. The summed E-state index contributed by atoms with van der Waals surface area (Å²) < 4.78 is 5.12. The van der Waals surface area contributed by atoms with Crippen molar-refractivity contribution < 1.29 is 9.53 Å². The third kappa shape index (κ3) is 3.54. The number of methoxy groups -OCH3 is 1. The van der Waals surface area contributed by atoms with Crippen molar-refractivity contribution in [2.24, 2.45) is 0 Å². The van der Waals surface area contributed by atoms with Crippen LogP contribution in [-0.2, 0) is 0 Å². The van der Waals surface area contributed by atoms with Crippen LogP contribution >= 0.6 is 11.3 Å². The minimum Gasteiger partial charge on any atom is -0.497 e. The zero-order valence-electron chi connectivity index (χ0n) is 12.7. The van der Waals surface area contributed by atoms with Gasteiger partial charge in [-0.2, -0.15) is 0 Å². The van der Waals surface area contributed by atoms with Crippen LogP contribution in [0.25, 0.3) is 10.6 Å². The summed E-state index contributed by atoms with van der Waals surface area (Å²) in [5.41, 5.74) is 2.65. The number of carbonyl (C=O) groups is 1. The van der Waals surface area contributed by atoms with E-state index in [2.05, 4.69) is 15.5 Å². The summed E-state index contributed by atoms with van der Waals surface area (Å²) in [6.45, 7) is 2.02. The van der Waals surface area contributed by atoms with E-state index >= 15 is 0 Å². The molecule has 0 unspecified atom stereocenters. The fourth-order valence-electron chi connectivity index (χ4n) is 2.10. The molecule has 3 aromatic rings. The summed E-state index contributed by atoms with van der Waals surface area (Å²) in [5, 5.41) is 12.2. The van der Waals surface area contributed by atoms with E-state index in [0.29, 0.717) is 16.4 Å². The summed E-state index contributed by atoms with van der Waals surface area (Å²) in [4.78, 5) is 12.3. The number of carbonyl (C=O) groups excluding carboxylic acids is 1. The largest absolute Gasteiger partial charge is 0.497 e. The molecular formula is C17H15N3O2S. The van der Waals surface area contributed by atoms with Crippen molar-refractivity contribution in [1.29, 1.82) is 0 Å². The lowest BCUT2D eigenvalue weighted by Gasteiger charge is -2.03. The molecule has 0 aliphatic heterocycles. The van der Waals surface area contributed by atoms with Gasteiger partial charge in [0.2, 0.25) is 5.13 Å². The first-order valence-corrected chi connectivity index (χ1v) is 7.83. The van der Waals surface area contributed by atoms with E-state index in [0.717, 1.165) is 16.1 Å². The summed E-state index contributed by atoms with van der Waals surface area (Å²) in [5.74, 6) is 0.395. The molecule has 116 valence electrons. The number of nitrogens with one attached hydrogen (secondary N) is 1. The molecule has 0 saturated carbocycles. The van der Waals surface area contributed by atoms with Crippen LogP contribution in [0.5, 0.6) is 5.75 Å². The minimum absolute atomic E-state index is 0.240. The van der Waals surface area contributed by atoms with E-state index in [1.54, 1.807) is 31.4 Å². The number of rotatable bonds is 4. The van der Waals surface area contributed by atoms with Gasteiger partial charge in [0.1, 0.15) is 10.8 Å².